The molecule has 1 N–H and O–H groups in total. The number of anilines is 2. The Bertz CT molecular complexity index is 868. The van der Waals surface area contributed by atoms with Crippen LogP contribution in [0.4, 0.5) is 11.4 Å². The molecule has 2 aliphatic rings. The zero-order valence-electron chi connectivity index (χ0n) is 15.2. The summed E-state index contributed by atoms with van der Waals surface area (Å²) in [5.74, 6) is 0.819. The Hall–Kier alpha value is -2.47. The standard InChI is InChI=1S/C21H22N2O3S/c1-2-3-6-13-26-16-11-9-15(10-12-16)23-19(24)14-27-21(23)17-7-4-5-8-18(17)22-20(21)25/h4-5,7-12H,2-3,6,13-14H2,1H3,(H,22,25)/t21-/m1/s1. The van der Waals surface area contributed by atoms with Crippen LogP contribution in [0.1, 0.15) is 31.7 Å². The van der Waals surface area contributed by atoms with Crippen LogP contribution < -0.4 is 15.0 Å². The summed E-state index contributed by atoms with van der Waals surface area (Å²) in [4.78, 5) is 26.2. The van der Waals surface area contributed by atoms with E-state index in [2.05, 4.69) is 12.2 Å². The molecule has 2 aromatic carbocycles. The minimum absolute atomic E-state index is 0.0662. The second kappa shape index (κ2) is 7.27. The Kier molecular flexibility index (Phi) is 4.83. The van der Waals surface area contributed by atoms with Crippen molar-refractivity contribution < 1.29 is 14.3 Å². The third kappa shape index (κ3) is 2.98. The number of amides is 2. The number of carbonyl (C=O) groups excluding carboxylic acids is 2. The molecular weight excluding hydrogens is 360 g/mol. The van der Waals surface area contributed by atoms with Gasteiger partial charge in [-0.05, 0) is 36.8 Å². The lowest BCUT2D eigenvalue weighted by Crippen LogP contribution is -2.47. The van der Waals surface area contributed by atoms with Crippen LogP contribution in [0.5, 0.6) is 5.75 Å². The topological polar surface area (TPSA) is 58.6 Å². The van der Waals surface area contributed by atoms with E-state index in [1.165, 1.54) is 11.8 Å². The number of carbonyl (C=O) groups is 2. The molecule has 0 aromatic heterocycles. The van der Waals surface area contributed by atoms with E-state index in [9.17, 15) is 9.59 Å². The highest BCUT2D eigenvalue weighted by molar-refractivity contribution is 8.02. The summed E-state index contributed by atoms with van der Waals surface area (Å²) >= 11 is 1.37. The Morgan fingerprint density at radius 2 is 1.89 bits per heavy atom. The molecule has 1 atom stereocenters. The van der Waals surface area contributed by atoms with Crippen molar-refractivity contribution in [2.75, 3.05) is 22.6 Å². The van der Waals surface area contributed by atoms with Crippen LogP contribution in [0.15, 0.2) is 48.5 Å². The molecule has 2 aliphatic heterocycles. The molecule has 0 unspecified atom stereocenters. The fraction of sp³-hybridized carbons (Fsp3) is 0.333. The number of fused-ring (bicyclic) bond motifs is 2. The number of para-hydroxylation sites is 1. The first-order valence-corrected chi connectivity index (χ1v) is 10.3. The Morgan fingerprint density at radius 1 is 1.11 bits per heavy atom. The molecule has 0 saturated carbocycles. The maximum absolute atomic E-state index is 12.9. The summed E-state index contributed by atoms with van der Waals surface area (Å²) in [6, 6.07) is 15.0. The summed E-state index contributed by atoms with van der Waals surface area (Å²) in [7, 11) is 0. The molecule has 5 nitrogen and oxygen atoms in total. The molecule has 0 bridgehead atoms. The van der Waals surface area contributed by atoms with E-state index in [-0.39, 0.29) is 17.6 Å². The van der Waals surface area contributed by atoms with Gasteiger partial charge in [0.05, 0.1) is 12.4 Å². The van der Waals surface area contributed by atoms with Gasteiger partial charge < -0.3 is 10.1 Å². The van der Waals surface area contributed by atoms with E-state index in [1.54, 1.807) is 4.90 Å². The highest BCUT2D eigenvalue weighted by Gasteiger charge is 2.58. The first kappa shape index (κ1) is 17.9. The van der Waals surface area contributed by atoms with Crippen LogP contribution in [0.3, 0.4) is 0 Å². The number of hydrogen-bond acceptors (Lipinski definition) is 4. The lowest BCUT2D eigenvalue weighted by Gasteiger charge is -2.32. The van der Waals surface area contributed by atoms with Gasteiger partial charge in [-0.1, -0.05) is 38.0 Å². The molecule has 140 valence electrons. The molecule has 2 aromatic rings. The fourth-order valence-corrected chi connectivity index (χ4v) is 4.93. The molecule has 1 spiro atoms. The fourth-order valence-electron chi connectivity index (χ4n) is 3.61. The Balaban J connectivity index is 1.62. The third-order valence-corrected chi connectivity index (χ3v) is 6.33. The van der Waals surface area contributed by atoms with Crippen molar-refractivity contribution in [3.8, 4) is 5.75 Å². The third-order valence-electron chi connectivity index (χ3n) is 4.93. The number of hydrogen-bond donors (Lipinski definition) is 1. The molecule has 0 radical (unpaired) electrons. The number of benzene rings is 2. The molecule has 2 heterocycles. The van der Waals surface area contributed by atoms with Gasteiger partial charge in [0.25, 0.3) is 5.91 Å². The van der Waals surface area contributed by atoms with Gasteiger partial charge in [-0.25, -0.2) is 0 Å². The van der Waals surface area contributed by atoms with Gasteiger partial charge in [-0.3, -0.25) is 14.5 Å². The van der Waals surface area contributed by atoms with Gasteiger partial charge in [0.2, 0.25) is 10.8 Å². The van der Waals surface area contributed by atoms with Crippen molar-refractivity contribution >= 4 is 35.0 Å². The molecule has 4 rings (SSSR count). The molecule has 0 aliphatic carbocycles. The van der Waals surface area contributed by atoms with E-state index >= 15 is 0 Å². The molecule has 27 heavy (non-hydrogen) atoms. The van der Waals surface area contributed by atoms with E-state index in [1.807, 2.05) is 48.5 Å². The van der Waals surface area contributed by atoms with Crippen molar-refractivity contribution in [1.29, 1.82) is 0 Å². The van der Waals surface area contributed by atoms with Gasteiger partial charge >= 0.3 is 0 Å². The van der Waals surface area contributed by atoms with E-state index in [4.69, 9.17) is 4.74 Å². The van der Waals surface area contributed by atoms with Gasteiger partial charge in [0, 0.05) is 16.9 Å². The predicted molar refractivity (Wildman–Crippen MR) is 108 cm³/mol. The van der Waals surface area contributed by atoms with Crippen LogP contribution in [-0.4, -0.2) is 24.2 Å². The quantitative estimate of drug-likeness (QED) is 0.763. The van der Waals surface area contributed by atoms with Crippen LogP contribution in [-0.2, 0) is 14.5 Å². The summed E-state index contributed by atoms with van der Waals surface area (Å²) < 4.78 is 5.76. The second-order valence-electron chi connectivity index (χ2n) is 6.71. The monoisotopic (exact) mass is 382 g/mol. The Morgan fingerprint density at radius 3 is 2.67 bits per heavy atom. The van der Waals surface area contributed by atoms with Crippen LogP contribution in [0.2, 0.25) is 0 Å². The summed E-state index contributed by atoms with van der Waals surface area (Å²) in [6.45, 7) is 2.85. The smallest absolute Gasteiger partial charge is 0.266 e. The van der Waals surface area contributed by atoms with Crippen molar-refractivity contribution in [2.24, 2.45) is 0 Å². The summed E-state index contributed by atoms with van der Waals surface area (Å²) in [5.41, 5.74) is 2.31. The predicted octanol–water partition coefficient (Wildman–Crippen LogP) is 4.14. The molecule has 2 amide bonds. The second-order valence-corrected chi connectivity index (χ2v) is 7.88. The summed E-state index contributed by atoms with van der Waals surface area (Å²) in [6.07, 6.45) is 3.33. The minimum Gasteiger partial charge on any atom is -0.494 e. The van der Waals surface area contributed by atoms with Gasteiger partial charge in [0.1, 0.15) is 5.75 Å². The van der Waals surface area contributed by atoms with E-state index < -0.39 is 4.87 Å². The first-order valence-electron chi connectivity index (χ1n) is 9.27. The van der Waals surface area contributed by atoms with Crippen molar-refractivity contribution in [3.63, 3.8) is 0 Å². The SMILES string of the molecule is CCCCCOc1ccc(N2C(=O)CS[C@]23C(=O)Nc2ccccc23)cc1. The highest BCUT2D eigenvalue weighted by Crippen LogP contribution is 2.53. The van der Waals surface area contributed by atoms with Crippen LogP contribution in [0, 0.1) is 0 Å². The lowest BCUT2D eigenvalue weighted by molar-refractivity contribution is -0.122. The maximum Gasteiger partial charge on any atom is 0.266 e. The van der Waals surface area contributed by atoms with Crippen LogP contribution in [0.25, 0.3) is 0 Å². The van der Waals surface area contributed by atoms with Gasteiger partial charge in [-0.15, -0.1) is 11.8 Å². The van der Waals surface area contributed by atoms with Crippen molar-refractivity contribution in [1.82, 2.24) is 0 Å². The van der Waals surface area contributed by atoms with Crippen molar-refractivity contribution in [3.05, 3.63) is 54.1 Å². The molecular formula is C21H22N2O3S. The average molecular weight is 382 g/mol. The molecule has 1 saturated heterocycles. The highest BCUT2D eigenvalue weighted by atomic mass is 32.2. The zero-order valence-corrected chi connectivity index (χ0v) is 16.1. The van der Waals surface area contributed by atoms with E-state index in [0.717, 1.165) is 36.3 Å². The minimum atomic E-state index is -1.03. The van der Waals surface area contributed by atoms with E-state index in [0.29, 0.717) is 12.3 Å². The number of unbranched alkanes of at least 4 members (excludes halogenated alkanes) is 2. The zero-order chi connectivity index (χ0) is 18.9. The average Bonchev–Trinajstić information content (AvgIpc) is 3.18. The Labute approximate surface area is 163 Å². The van der Waals surface area contributed by atoms with Gasteiger partial charge in [-0.2, -0.15) is 0 Å². The maximum atomic E-state index is 12.9. The largest absolute Gasteiger partial charge is 0.494 e. The molecule has 1 fully saturated rings. The number of nitrogens with zero attached hydrogens (tertiary/aromatic N) is 1. The number of nitrogens with one attached hydrogen (secondary N) is 1. The summed E-state index contributed by atoms with van der Waals surface area (Å²) in [5, 5.41) is 2.92. The number of ether oxygens (including phenoxy) is 1. The molecule has 6 heteroatoms. The number of rotatable bonds is 6. The van der Waals surface area contributed by atoms with Gasteiger partial charge in [0.15, 0.2) is 0 Å². The first-order chi connectivity index (χ1) is 13.2. The number of thioether (sulfide) groups is 1. The lowest BCUT2D eigenvalue weighted by atomic mass is 10.0. The van der Waals surface area contributed by atoms with Crippen molar-refractivity contribution in [2.45, 2.75) is 31.1 Å². The van der Waals surface area contributed by atoms with Crippen LogP contribution >= 0.6 is 11.8 Å². The normalized spacial score (nSPS) is 20.9.